The van der Waals surface area contributed by atoms with E-state index in [1.165, 1.54) is 64.2 Å². The van der Waals surface area contributed by atoms with E-state index in [0.717, 1.165) is 54.3 Å². The van der Waals surface area contributed by atoms with E-state index in [0.29, 0.717) is 28.2 Å². The molecule has 9 unspecified atom stereocenters. The lowest BCUT2D eigenvalue weighted by Gasteiger charge is -2.65. The molecule has 0 N–H and O–H groups in total. The number of hydrogen-bond donors (Lipinski definition) is 0. The Morgan fingerprint density at radius 3 is 2.36 bits per heavy atom. The van der Waals surface area contributed by atoms with Crippen LogP contribution in [0.2, 0.25) is 0 Å². The van der Waals surface area contributed by atoms with Gasteiger partial charge in [0, 0.05) is 19.5 Å². The fourth-order valence-corrected chi connectivity index (χ4v) is 10.9. The molecule has 1 amide bonds. The Labute approximate surface area is 205 Å². The van der Waals surface area contributed by atoms with Crippen molar-refractivity contribution >= 4 is 5.91 Å². The van der Waals surface area contributed by atoms with Gasteiger partial charge in [-0.1, -0.05) is 67.2 Å². The van der Waals surface area contributed by atoms with Crippen LogP contribution in [0.4, 0.5) is 0 Å². The van der Waals surface area contributed by atoms with Crippen LogP contribution in [-0.4, -0.2) is 23.9 Å². The van der Waals surface area contributed by atoms with Gasteiger partial charge in [-0.15, -0.1) is 0 Å². The summed E-state index contributed by atoms with van der Waals surface area (Å²) in [4.78, 5) is 15.0. The number of nitrogens with zero attached hydrogens (tertiary/aromatic N) is 1. The average Bonchev–Trinajstić information content (AvgIpc) is 3.35. The van der Waals surface area contributed by atoms with Gasteiger partial charge < -0.3 is 4.90 Å². The topological polar surface area (TPSA) is 20.3 Å². The molecule has 1 heterocycles. The van der Waals surface area contributed by atoms with E-state index in [1.54, 1.807) is 0 Å². The number of likely N-dealkylation sites (tertiary alicyclic amines) is 1. The first-order valence-electron chi connectivity index (χ1n) is 14.8. The molecule has 0 aromatic rings. The van der Waals surface area contributed by atoms with Gasteiger partial charge in [0.2, 0.25) is 5.91 Å². The zero-order chi connectivity index (χ0) is 23.8. The van der Waals surface area contributed by atoms with Gasteiger partial charge in [0.05, 0.1) is 0 Å². The Morgan fingerprint density at radius 1 is 0.970 bits per heavy atom. The van der Waals surface area contributed by atoms with Crippen molar-refractivity contribution in [2.75, 3.05) is 7.05 Å². The number of carbonyl (C=O) groups is 1. The monoisotopic (exact) mass is 455 g/mol. The molecule has 0 aromatic heterocycles. The molecule has 1 spiro atoms. The second-order valence-electron chi connectivity index (χ2n) is 14.5. The van der Waals surface area contributed by atoms with Crippen LogP contribution >= 0.6 is 0 Å². The van der Waals surface area contributed by atoms with E-state index >= 15 is 0 Å². The highest BCUT2D eigenvalue weighted by Crippen LogP contribution is 2.78. The van der Waals surface area contributed by atoms with Crippen molar-refractivity contribution < 1.29 is 4.79 Å². The van der Waals surface area contributed by atoms with E-state index in [1.807, 2.05) is 0 Å². The van der Waals surface area contributed by atoms with Crippen molar-refractivity contribution in [3.05, 3.63) is 0 Å². The molecule has 0 aromatic carbocycles. The van der Waals surface area contributed by atoms with Crippen molar-refractivity contribution in [2.24, 2.45) is 57.7 Å². The molecular weight excluding hydrogens is 402 g/mol. The van der Waals surface area contributed by atoms with Crippen molar-refractivity contribution in [3.63, 3.8) is 0 Å². The maximum absolute atomic E-state index is 12.7. The maximum Gasteiger partial charge on any atom is 0.222 e. The molecule has 1 saturated heterocycles. The Morgan fingerprint density at radius 2 is 1.70 bits per heavy atom. The molecule has 1 aliphatic heterocycles. The molecule has 4 saturated carbocycles. The highest BCUT2D eigenvalue weighted by atomic mass is 16.2. The Hall–Kier alpha value is -0.530. The summed E-state index contributed by atoms with van der Waals surface area (Å²) in [6, 6.07) is 0.494. The fourth-order valence-electron chi connectivity index (χ4n) is 10.9. The third-order valence-corrected chi connectivity index (χ3v) is 12.8. The molecule has 188 valence electrons. The molecule has 5 rings (SSSR count). The van der Waals surface area contributed by atoms with Crippen LogP contribution in [0.25, 0.3) is 0 Å². The van der Waals surface area contributed by atoms with E-state index in [2.05, 4.69) is 53.5 Å². The van der Waals surface area contributed by atoms with Gasteiger partial charge in [-0.3, -0.25) is 4.79 Å². The van der Waals surface area contributed by atoms with Gasteiger partial charge in [-0.25, -0.2) is 0 Å². The van der Waals surface area contributed by atoms with Crippen molar-refractivity contribution in [3.8, 4) is 0 Å². The summed E-state index contributed by atoms with van der Waals surface area (Å²) in [7, 11) is 2.14. The SMILES string of the molecule is CCC1CC12CC1N(C)C(=O)CC[C@]1(C)C1CCC3(C)C(C(C)CCCC(C)C)CCC3C12. The minimum absolute atomic E-state index is 0.349. The van der Waals surface area contributed by atoms with E-state index in [4.69, 9.17) is 0 Å². The summed E-state index contributed by atoms with van der Waals surface area (Å²) in [6.45, 7) is 15.2. The van der Waals surface area contributed by atoms with Crippen molar-refractivity contribution in [1.82, 2.24) is 4.90 Å². The maximum atomic E-state index is 12.7. The second kappa shape index (κ2) is 8.26. The van der Waals surface area contributed by atoms with E-state index in [-0.39, 0.29) is 0 Å². The van der Waals surface area contributed by atoms with E-state index < -0.39 is 0 Å². The third kappa shape index (κ3) is 3.49. The van der Waals surface area contributed by atoms with Crippen LogP contribution in [0.1, 0.15) is 119 Å². The number of piperidine rings is 1. The lowest BCUT2D eigenvalue weighted by Crippen LogP contribution is -2.64. The summed E-state index contributed by atoms with van der Waals surface area (Å²) >= 11 is 0. The molecule has 33 heavy (non-hydrogen) atoms. The number of amides is 1. The lowest BCUT2D eigenvalue weighted by molar-refractivity contribution is -0.175. The van der Waals surface area contributed by atoms with Gasteiger partial charge in [-0.2, -0.15) is 0 Å². The summed E-state index contributed by atoms with van der Waals surface area (Å²) in [6.07, 6.45) is 16.2. The smallest absolute Gasteiger partial charge is 0.222 e. The molecule has 0 radical (unpaired) electrons. The molecule has 10 atom stereocenters. The zero-order valence-corrected chi connectivity index (χ0v) is 23.0. The van der Waals surface area contributed by atoms with Gasteiger partial charge in [0.15, 0.2) is 0 Å². The Bertz CT molecular complexity index is 760. The molecule has 4 aliphatic carbocycles. The summed E-state index contributed by atoms with van der Waals surface area (Å²) in [5.41, 5.74) is 1.46. The number of hydrogen-bond acceptors (Lipinski definition) is 1. The largest absolute Gasteiger partial charge is 0.342 e. The van der Waals surface area contributed by atoms with Gasteiger partial charge in [-0.05, 0) is 103 Å². The van der Waals surface area contributed by atoms with Crippen LogP contribution in [0.5, 0.6) is 0 Å². The third-order valence-electron chi connectivity index (χ3n) is 12.8. The minimum atomic E-state index is 0.349. The van der Waals surface area contributed by atoms with Crippen LogP contribution in [0.3, 0.4) is 0 Å². The molecule has 5 aliphatic rings. The highest BCUT2D eigenvalue weighted by molar-refractivity contribution is 5.77. The molecule has 0 bridgehead atoms. The van der Waals surface area contributed by atoms with E-state index in [9.17, 15) is 4.79 Å². The normalized spacial score (nSPS) is 49.7. The fraction of sp³-hybridized carbons (Fsp3) is 0.968. The molecule has 2 heteroatoms. The molecular formula is C31H53NO. The predicted octanol–water partition coefficient (Wildman–Crippen LogP) is 7.95. The quantitative estimate of drug-likeness (QED) is 0.398. The zero-order valence-electron chi connectivity index (χ0n) is 23.0. The Balaban J connectivity index is 1.43. The van der Waals surface area contributed by atoms with Crippen LogP contribution in [-0.2, 0) is 4.79 Å². The van der Waals surface area contributed by atoms with Gasteiger partial charge in [0.25, 0.3) is 0 Å². The Kier molecular flexibility index (Phi) is 6.05. The first-order valence-corrected chi connectivity index (χ1v) is 14.8. The highest BCUT2D eigenvalue weighted by Gasteiger charge is 2.73. The molecule has 2 nitrogen and oxygen atoms in total. The minimum Gasteiger partial charge on any atom is -0.342 e. The number of carbonyl (C=O) groups excluding carboxylic acids is 1. The van der Waals surface area contributed by atoms with Crippen LogP contribution in [0.15, 0.2) is 0 Å². The summed E-state index contributed by atoms with van der Waals surface area (Å²) < 4.78 is 0. The first kappa shape index (κ1) is 24.2. The number of rotatable bonds is 6. The summed E-state index contributed by atoms with van der Waals surface area (Å²) in [5, 5.41) is 0. The second-order valence-corrected chi connectivity index (χ2v) is 14.5. The van der Waals surface area contributed by atoms with Crippen LogP contribution < -0.4 is 0 Å². The number of fused-ring (bicyclic) bond motifs is 6. The van der Waals surface area contributed by atoms with Crippen LogP contribution in [0, 0.1) is 57.7 Å². The first-order chi connectivity index (χ1) is 15.6. The average molecular weight is 456 g/mol. The van der Waals surface area contributed by atoms with Gasteiger partial charge >= 0.3 is 0 Å². The molecule has 5 fully saturated rings. The lowest BCUT2D eigenvalue weighted by atomic mass is 9.42. The van der Waals surface area contributed by atoms with Gasteiger partial charge in [0.1, 0.15) is 0 Å². The van der Waals surface area contributed by atoms with Crippen molar-refractivity contribution in [1.29, 1.82) is 0 Å². The summed E-state index contributed by atoms with van der Waals surface area (Å²) in [5.74, 6) is 6.71. The van der Waals surface area contributed by atoms with Crippen molar-refractivity contribution in [2.45, 2.75) is 125 Å². The standard InChI is InChI=1S/C31H53NO/c1-8-22-18-31(22)19-26-30(6,17-15-27(33)32(26)7)25-14-16-29(5)23(12-13-24(29)28(25)31)21(4)11-9-10-20(2)3/h20-26,28H,8-19H2,1-7H3/t21?,22?,23?,24?,25?,26?,28?,29?,30-,31?/m1/s1. The predicted molar refractivity (Wildman–Crippen MR) is 138 cm³/mol.